The predicted octanol–water partition coefficient (Wildman–Crippen LogP) is 0.908. The van der Waals surface area contributed by atoms with E-state index in [9.17, 15) is 9.59 Å². The first-order valence-electron chi connectivity index (χ1n) is 2.05. The number of carbonyl (C=O) groups excluding carboxylic acids is 1. The highest BCUT2D eigenvalue weighted by molar-refractivity contribution is 6.45. The molecule has 0 spiro atoms. The van der Waals surface area contributed by atoms with E-state index in [1.807, 2.05) is 0 Å². The summed E-state index contributed by atoms with van der Waals surface area (Å²) >= 11 is 10.0. The molecular weight excluding hydrogens is 202 g/mol. The molecular formula is C4H5Cl3O3. The van der Waals surface area contributed by atoms with Crippen molar-refractivity contribution in [2.24, 2.45) is 0 Å². The lowest BCUT2D eigenvalue weighted by Crippen LogP contribution is -2.24. The van der Waals surface area contributed by atoms with E-state index in [0.717, 1.165) is 0 Å². The first-order valence-corrected chi connectivity index (χ1v) is 3.02. The quantitative estimate of drug-likeness (QED) is 0.553. The number of carboxylic acid groups (broad SMARTS) is 1. The number of carbonyl (C=O) groups is 2. The highest BCUT2D eigenvalue weighted by Crippen LogP contribution is 1.98. The van der Waals surface area contributed by atoms with Crippen molar-refractivity contribution in [1.29, 1.82) is 0 Å². The lowest BCUT2D eigenvalue weighted by molar-refractivity contribution is -0.139. The molecule has 60 valence electrons. The van der Waals surface area contributed by atoms with Gasteiger partial charge in [0, 0.05) is 0 Å². The fourth-order valence-corrected chi connectivity index (χ4v) is 0.516. The number of hydrogen-bond donors (Lipinski definition) is 1. The lowest BCUT2D eigenvalue weighted by Gasteiger charge is -1.96. The predicted molar refractivity (Wildman–Crippen MR) is 40.3 cm³/mol. The highest BCUT2D eigenvalue weighted by Gasteiger charge is 2.21. The average molecular weight is 207 g/mol. The monoisotopic (exact) mass is 206 g/mol. The van der Waals surface area contributed by atoms with Crippen LogP contribution in [-0.4, -0.2) is 28.1 Å². The maximum atomic E-state index is 10.3. The Labute approximate surface area is 73.7 Å². The van der Waals surface area contributed by atoms with E-state index in [4.69, 9.17) is 28.3 Å². The number of rotatable bonds is 3. The van der Waals surface area contributed by atoms with E-state index >= 15 is 0 Å². The van der Waals surface area contributed by atoms with Crippen molar-refractivity contribution >= 4 is 47.4 Å². The SMILES string of the molecule is Cl.O=C(O)C(Cl)C(=O)CCl. The van der Waals surface area contributed by atoms with Crippen molar-refractivity contribution in [1.82, 2.24) is 0 Å². The fourth-order valence-electron chi connectivity index (χ4n) is 0.205. The van der Waals surface area contributed by atoms with Crippen molar-refractivity contribution < 1.29 is 14.7 Å². The van der Waals surface area contributed by atoms with Crippen LogP contribution in [0.25, 0.3) is 0 Å². The van der Waals surface area contributed by atoms with E-state index in [-0.39, 0.29) is 18.3 Å². The molecule has 1 atom stereocenters. The average Bonchev–Trinajstić information content (AvgIpc) is 1.84. The fraction of sp³-hybridized carbons (Fsp3) is 0.500. The Morgan fingerprint density at radius 3 is 2.00 bits per heavy atom. The molecule has 1 N–H and O–H groups in total. The second-order valence-corrected chi connectivity index (χ2v) is 2.00. The van der Waals surface area contributed by atoms with Gasteiger partial charge in [0.15, 0.2) is 11.2 Å². The molecule has 0 aliphatic rings. The van der Waals surface area contributed by atoms with Crippen molar-refractivity contribution in [2.75, 3.05) is 5.88 Å². The van der Waals surface area contributed by atoms with Crippen molar-refractivity contribution in [3.63, 3.8) is 0 Å². The number of hydrogen-bond acceptors (Lipinski definition) is 2. The zero-order valence-electron chi connectivity index (χ0n) is 4.71. The molecule has 0 aromatic rings. The molecule has 0 saturated heterocycles. The third kappa shape index (κ3) is 3.93. The Balaban J connectivity index is 0. The maximum absolute atomic E-state index is 10.3. The van der Waals surface area contributed by atoms with Crippen LogP contribution in [0.2, 0.25) is 0 Å². The standard InChI is InChI=1S/C4H4Cl2O3.ClH/c5-1-2(7)3(6)4(8)9;/h3H,1H2,(H,8,9);1H. The van der Waals surface area contributed by atoms with Gasteiger partial charge in [-0.05, 0) is 0 Å². The van der Waals surface area contributed by atoms with Crippen molar-refractivity contribution in [3.8, 4) is 0 Å². The van der Waals surface area contributed by atoms with Crippen LogP contribution in [0, 0.1) is 0 Å². The van der Waals surface area contributed by atoms with E-state index in [1.165, 1.54) is 0 Å². The van der Waals surface area contributed by atoms with Crippen LogP contribution >= 0.6 is 35.6 Å². The van der Waals surface area contributed by atoms with Gasteiger partial charge in [0.05, 0.1) is 5.88 Å². The zero-order valence-corrected chi connectivity index (χ0v) is 7.04. The maximum Gasteiger partial charge on any atom is 0.329 e. The topological polar surface area (TPSA) is 54.4 Å². The Bertz CT molecular complexity index is 136. The number of Topliss-reactive ketones (excluding diaryl/α,β-unsaturated/α-hetero) is 1. The normalized spacial score (nSPS) is 11.4. The van der Waals surface area contributed by atoms with Gasteiger partial charge in [-0.3, -0.25) is 9.59 Å². The molecule has 10 heavy (non-hydrogen) atoms. The zero-order chi connectivity index (χ0) is 7.44. The van der Waals surface area contributed by atoms with E-state index < -0.39 is 17.1 Å². The van der Waals surface area contributed by atoms with E-state index in [0.29, 0.717) is 0 Å². The van der Waals surface area contributed by atoms with Gasteiger partial charge in [-0.1, -0.05) is 0 Å². The summed E-state index contributed by atoms with van der Waals surface area (Å²) in [7, 11) is 0. The van der Waals surface area contributed by atoms with Crippen LogP contribution in [0.1, 0.15) is 0 Å². The van der Waals surface area contributed by atoms with Crippen molar-refractivity contribution in [2.45, 2.75) is 5.38 Å². The summed E-state index contributed by atoms with van der Waals surface area (Å²) in [6.45, 7) is 0. The van der Waals surface area contributed by atoms with Gasteiger partial charge in [0.2, 0.25) is 0 Å². The van der Waals surface area contributed by atoms with Gasteiger partial charge in [-0.2, -0.15) is 0 Å². The minimum absolute atomic E-state index is 0. The molecule has 0 aliphatic heterocycles. The summed E-state index contributed by atoms with van der Waals surface area (Å²) in [6.07, 6.45) is 0. The van der Waals surface area contributed by atoms with Gasteiger partial charge in [0.25, 0.3) is 0 Å². The molecule has 0 aromatic heterocycles. The molecule has 0 fully saturated rings. The molecule has 0 rings (SSSR count). The summed E-state index contributed by atoms with van der Waals surface area (Å²) in [6, 6.07) is 0. The van der Waals surface area contributed by atoms with Crippen molar-refractivity contribution in [3.05, 3.63) is 0 Å². The Kier molecular flexibility index (Phi) is 7.31. The highest BCUT2D eigenvalue weighted by atomic mass is 35.5. The largest absolute Gasteiger partial charge is 0.480 e. The first-order chi connectivity index (χ1) is 4.09. The number of halogens is 3. The molecule has 0 aromatic carbocycles. The van der Waals surface area contributed by atoms with Crippen LogP contribution in [0.5, 0.6) is 0 Å². The number of aliphatic carboxylic acids is 1. The minimum Gasteiger partial charge on any atom is -0.480 e. The number of ketones is 1. The third-order valence-corrected chi connectivity index (χ3v) is 1.32. The summed E-state index contributed by atoms with van der Waals surface area (Å²) in [5.74, 6) is -2.41. The van der Waals surface area contributed by atoms with E-state index in [1.54, 1.807) is 0 Å². The minimum atomic E-state index is -1.50. The lowest BCUT2D eigenvalue weighted by atomic mass is 10.3. The Morgan fingerprint density at radius 1 is 1.50 bits per heavy atom. The van der Waals surface area contributed by atoms with Crippen LogP contribution < -0.4 is 0 Å². The van der Waals surface area contributed by atoms with Gasteiger partial charge in [-0.25, -0.2) is 0 Å². The van der Waals surface area contributed by atoms with Gasteiger partial charge in [-0.15, -0.1) is 35.6 Å². The molecule has 0 radical (unpaired) electrons. The van der Waals surface area contributed by atoms with Gasteiger partial charge >= 0.3 is 5.97 Å². The smallest absolute Gasteiger partial charge is 0.329 e. The first kappa shape index (κ1) is 12.7. The third-order valence-electron chi connectivity index (χ3n) is 0.631. The van der Waals surface area contributed by atoms with E-state index in [2.05, 4.69) is 0 Å². The Hall–Kier alpha value is 0.01000. The molecule has 0 aliphatic carbocycles. The molecule has 6 heteroatoms. The van der Waals surface area contributed by atoms with Gasteiger partial charge in [0.1, 0.15) is 0 Å². The van der Waals surface area contributed by atoms with Crippen LogP contribution in [0.4, 0.5) is 0 Å². The second kappa shape index (κ2) is 5.77. The molecule has 0 saturated carbocycles. The van der Waals surface area contributed by atoms with Gasteiger partial charge < -0.3 is 5.11 Å². The van der Waals surface area contributed by atoms with Crippen LogP contribution in [0.15, 0.2) is 0 Å². The summed E-state index contributed by atoms with van der Waals surface area (Å²) in [4.78, 5) is 20.2. The molecule has 0 heterocycles. The second-order valence-electron chi connectivity index (χ2n) is 1.30. The molecule has 0 bridgehead atoms. The number of carboxylic acids is 1. The summed E-state index contributed by atoms with van der Waals surface area (Å²) in [5.41, 5.74) is 0. The van der Waals surface area contributed by atoms with Crippen LogP contribution in [-0.2, 0) is 9.59 Å². The molecule has 0 amide bonds. The summed E-state index contributed by atoms with van der Waals surface area (Å²) in [5, 5.41) is 6.57. The molecule has 3 nitrogen and oxygen atoms in total. The Morgan fingerprint density at radius 2 is 1.90 bits per heavy atom. The summed E-state index contributed by atoms with van der Waals surface area (Å²) < 4.78 is 0. The van der Waals surface area contributed by atoms with Crippen LogP contribution in [0.3, 0.4) is 0 Å². The molecule has 1 unspecified atom stereocenters. The number of alkyl halides is 2.